The molecule has 0 amide bonds. The van der Waals surface area contributed by atoms with Crippen molar-refractivity contribution in [2.24, 2.45) is 5.92 Å². The average Bonchev–Trinajstić information content (AvgIpc) is 2.43. The summed E-state index contributed by atoms with van der Waals surface area (Å²) >= 11 is 0. The van der Waals surface area contributed by atoms with Crippen LogP contribution in [-0.4, -0.2) is 65.1 Å². The van der Waals surface area contributed by atoms with E-state index in [9.17, 15) is 0 Å². The highest BCUT2D eigenvalue weighted by molar-refractivity contribution is 4.64. The fourth-order valence-corrected chi connectivity index (χ4v) is 1.97. The predicted octanol–water partition coefficient (Wildman–Crippen LogP) is 2.28. The molecule has 0 bridgehead atoms. The molecule has 0 radical (unpaired) electrons. The van der Waals surface area contributed by atoms with E-state index in [1.165, 1.54) is 0 Å². The van der Waals surface area contributed by atoms with Crippen LogP contribution < -0.4 is 0 Å². The minimum atomic E-state index is -0.103. The number of ether oxygens (including phenoxy) is 5. The quantitative estimate of drug-likeness (QED) is 0.783. The molecule has 0 aromatic carbocycles. The molecule has 126 valence electrons. The van der Waals surface area contributed by atoms with Crippen molar-refractivity contribution in [3.63, 3.8) is 0 Å². The normalized spacial score (nSPS) is 25.0. The van der Waals surface area contributed by atoms with Gasteiger partial charge in [0.1, 0.15) is 0 Å². The lowest BCUT2D eigenvalue weighted by atomic mass is 10.1. The fraction of sp³-hybridized carbons (Fsp3) is 1.00. The third kappa shape index (κ3) is 12.1. The molecule has 0 N–H and O–H groups in total. The molecule has 1 aliphatic heterocycles. The van der Waals surface area contributed by atoms with Crippen molar-refractivity contribution < 1.29 is 23.7 Å². The van der Waals surface area contributed by atoms with Crippen molar-refractivity contribution in [1.82, 2.24) is 0 Å². The van der Waals surface area contributed by atoms with Crippen LogP contribution >= 0.6 is 0 Å². The molecule has 0 aromatic rings. The maximum absolute atomic E-state index is 5.89. The van der Waals surface area contributed by atoms with Gasteiger partial charge in [-0.15, -0.1) is 0 Å². The van der Waals surface area contributed by atoms with Gasteiger partial charge in [-0.1, -0.05) is 0 Å². The summed E-state index contributed by atoms with van der Waals surface area (Å²) in [6, 6.07) is 0. The van der Waals surface area contributed by atoms with Gasteiger partial charge in [0.15, 0.2) is 0 Å². The van der Waals surface area contributed by atoms with Crippen LogP contribution in [0, 0.1) is 5.92 Å². The highest BCUT2D eigenvalue weighted by Crippen LogP contribution is 2.14. The molecule has 1 rings (SSSR count). The molecule has 0 saturated carbocycles. The Kier molecular flexibility index (Phi) is 10.2. The Bertz CT molecular complexity index is 223. The van der Waals surface area contributed by atoms with Crippen LogP contribution in [0.2, 0.25) is 0 Å². The van der Waals surface area contributed by atoms with E-state index in [4.69, 9.17) is 23.7 Å². The Morgan fingerprint density at radius 1 is 0.810 bits per heavy atom. The number of hydrogen-bond donors (Lipinski definition) is 0. The van der Waals surface area contributed by atoms with Gasteiger partial charge in [0.25, 0.3) is 0 Å². The zero-order chi connectivity index (χ0) is 15.4. The van der Waals surface area contributed by atoms with E-state index in [1.807, 2.05) is 0 Å². The summed E-state index contributed by atoms with van der Waals surface area (Å²) in [5.74, 6) is 0.411. The van der Waals surface area contributed by atoms with Crippen LogP contribution in [0.15, 0.2) is 0 Å². The first-order chi connectivity index (χ1) is 10.1. The van der Waals surface area contributed by atoms with Gasteiger partial charge < -0.3 is 23.7 Å². The van der Waals surface area contributed by atoms with E-state index in [0.717, 1.165) is 32.7 Å². The van der Waals surface area contributed by atoms with Crippen LogP contribution in [0.1, 0.15) is 33.6 Å². The summed E-state index contributed by atoms with van der Waals surface area (Å²) in [6.45, 7) is 12.2. The van der Waals surface area contributed by atoms with Crippen molar-refractivity contribution in [2.75, 3.05) is 59.5 Å². The topological polar surface area (TPSA) is 46.2 Å². The molecule has 1 unspecified atom stereocenters. The van der Waals surface area contributed by atoms with E-state index in [1.54, 1.807) is 0 Å². The van der Waals surface area contributed by atoms with Gasteiger partial charge in [0.05, 0.1) is 58.5 Å². The summed E-state index contributed by atoms with van der Waals surface area (Å²) in [5, 5.41) is 0. The van der Waals surface area contributed by atoms with Crippen molar-refractivity contribution >= 4 is 0 Å². The van der Waals surface area contributed by atoms with E-state index in [2.05, 4.69) is 20.8 Å². The minimum Gasteiger partial charge on any atom is -0.379 e. The highest BCUT2D eigenvalue weighted by atomic mass is 16.6. The summed E-state index contributed by atoms with van der Waals surface area (Å²) in [7, 11) is 0. The largest absolute Gasteiger partial charge is 0.379 e. The van der Waals surface area contributed by atoms with Gasteiger partial charge in [0, 0.05) is 12.5 Å². The molecule has 1 fully saturated rings. The Hall–Kier alpha value is -0.200. The van der Waals surface area contributed by atoms with Crippen molar-refractivity contribution in [3.05, 3.63) is 0 Å². The summed E-state index contributed by atoms with van der Waals surface area (Å²) in [6.07, 6.45) is 2.08. The maximum atomic E-state index is 5.89. The van der Waals surface area contributed by atoms with E-state index >= 15 is 0 Å². The molecule has 5 nitrogen and oxygen atoms in total. The first-order valence-electron chi connectivity index (χ1n) is 8.03. The molecule has 0 aliphatic carbocycles. The SMILES string of the molecule is CC(C)(C)OCC1CCCOCCOCCOCCOC1. The third-order valence-electron chi connectivity index (χ3n) is 3.12. The first kappa shape index (κ1) is 18.8. The molecule has 5 heteroatoms. The summed E-state index contributed by atoms with van der Waals surface area (Å²) in [4.78, 5) is 0. The highest BCUT2D eigenvalue weighted by Gasteiger charge is 2.16. The van der Waals surface area contributed by atoms with Crippen molar-refractivity contribution in [3.8, 4) is 0 Å². The Labute approximate surface area is 129 Å². The fourth-order valence-electron chi connectivity index (χ4n) is 1.97. The van der Waals surface area contributed by atoms with Gasteiger partial charge in [-0.25, -0.2) is 0 Å². The van der Waals surface area contributed by atoms with Gasteiger partial charge in [-0.05, 0) is 33.6 Å². The molecule has 0 spiro atoms. The molecule has 1 heterocycles. The average molecular weight is 304 g/mol. The monoisotopic (exact) mass is 304 g/mol. The molecule has 1 atom stereocenters. The Morgan fingerprint density at radius 3 is 1.90 bits per heavy atom. The van der Waals surface area contributed by atoms with Gasteiger partial charge >= 0.3 is 0 Å². The minimum absolute atomic E-state index is 0.103. The van der Waals surface area contributed by atoms with Crippen LogP contribution in [0.25, 0.3) is 0 Å². The number of rotatable bonds is 2. The molecule has 0 aromatic heterocycles. The molecular weight excluding hydrogens is 272 g/mol. The zero-order valence-electron chi connectivity index (χ0n) is 13.9. The van der Waals surface area contributed by atoms with Crippen molar-refractivity contribution in [2.45, 2.75) is 39.2 Å². The summed E-state index contributed by atoms with van der Waals surface area (Å²) in [5.41, 5.74) is -0.103. The molecule has 21 heavy (non-hydrogen) atoms. The van der Waals surface area contributed by atoms with Crippen LogP contribution in [0.5, 0.6) is 0 Å². The van der Waals surface area contributed by atoms with E-state index in [0.29, 0.717) is 45.6 Å². The van der Waals surface area contributed by atoms with Gasteiger partial charge in [-0.2, -0.15) is 0 Å². The predicted molar refractivity (Wildman–Crippen MR) is 81.7 cm³/mol. The van der Waals surface area contributed by atoms with E-state index < -0.39 is 0 Å². The third-order valence-corrected chi connectivity index (χ3v) is 3.12. The lowest BCUT2D eigenvalue weighted by molar-refractivity contribution is -0.0472. The van der Waals surface area contributed by atoms with Crippen LogP contribution in [-0.2, 0) is 23.7 Å². The second kappa shape index (κ2) is 11.4. The molecular formula is C16H32O5. The van der Waals surface area contributed by atoms with Crippen molar-refractivity contribution in [1.29, 1.82) is 0 Å². The molecule has 1 aliphatic rings. The molecule has 1 saturated heterocycles. The smallest absolute Gasteiger partial charge is 0.0701 e. The Morgan fingerprint density at radius 2 is 1.33 bits per heavy atom. The van der Waals surface area contributed by atoms with Crippen LogP contribution in [0.4, 0.5) is 0 Å². The lowest BCUT2D eigenvalue weighted by Crippen LogP contribution is -2.26. The zero-order valence-corrected chi connectivity index (χ0v) is 13.9. The Balaban J connectivity index is 2.29. The lowest BCUT2D eigenvalue weighted by Gasteiger charge is -2.24. The van der Waals surface area contributed by atoms with E-state index in [-0.39, 0.29) is 5.60 Å². The standard InChI is InChI=1S/C16H32O5/c1-16(2,3)21-14-15-5-4-6-17-7-8-18-9-10-19-11-12-20-13-15/h15H,4-14H2,1-3H3. The second-order valence-corrected chi connectivity index (χ2v) is 6.34. The van der Waals surface area contributed by atoms with Gasteiger partial charge in [0.2, 0.25) is 0 Å². The summed E-state index contributed by atoms with van der Waals surface area (Å²) < 4.78 is 28.0. The van der Waals surface area contributed by atoms with Crippen LogP contribution in [0.3, 0.4) is 0 Å². The number of hydrogen-bond acceptors (Lipinski definition) is 5. The second-order valence-electron chi connectivity index (χ2n) is 6.34. The van der Waals surface area contributed by atoms with Gasteiger partial charge in [-0.3, -0.25) is 0 Å². The first-order valence-corrected chi connectivity index (χ1v) is 8.03. The maximum Gasteiger partial charge on any atom is 0.0701 e.